The molecule has 0 saturated heterocycles. The summed E-state index contributed by atoms with van der Waals surface area (Å²) in [6.45, 7) is 0.0849. The first-order chi connectivity index (χ1) is 7.74. The van der Waals surface area contributed by atoms with Crippen LogP contribution >= 0.6 is 0 Å². The van der Waals surface area contributed by atoms with Crippen molar-refractivity contribution >= 4 is 0 Å². The van der Waals surface area contributed by atoms with E-state index in [1.807, 2.05) is 30.3 Å². The predicted octanol–water partition coefficient (Wildman–Crippen LogP) is 2.14. The maximum absolute atomic E-state index is 10.2. The van der Waals surface area contributed by atoms with Crippen LogP contribution in [0.15, 0.2) is 42.6 Å². The zero-order valence-corrected chi connectivity index (χ0v) is 8.91. The molecule has 86 valence electrons. The van der Waals surface area contributed by atoms with E-state index in [0.717, 1.165) is 11.8 Å². The number of rotatable bonds is 6. The van der Waals surface area contributed by atoms with Gasteiger partial charge in [0.15, 0.2) is 0 Å². The number of ether oxygens (including phenoxy) is 2. The van der Waals surface area contributed by atoms with Crippen LogP contribution in [-0.4, -0.2) is 18.8 Å². The van der Waals surface area contributed by atoms with Gasteiger partial charge in [-0.1, -0.05) is 30.3 Å². The molecule has 0 amide bonds. The minimum atomic E-state index is -0.522. The molecule has 1 aromatic rings. The number of nitrogens with zero attached hydrogens (tertiary/aromatic N) is 1. The number of hydrogen-bond acceptors (Lipinski definition) is 4. The van der Waals surface area contributed by atoms with Gasteiger partial charge in [0.2, 0.25) is 6.20 Å². The van der Waals surface area contributed by atoms with Crippen LogP contribution in [0.1, 0.15) is 11.7 Å². The Hall–Kier alpha value is -1.72. The van der Waals surface area contributed by atoms with Gasteiger partial charge in [0.1, 0.15) is 12.9 Å². The van der Waals surface area contributed by atoms with Gasteiger partial charge in [0, 0.05) is 13.2 Å². The van der Waals surface area contributed by atoms with Crippen molar-refractivity contribution in [1.29, 1.82) is 0 Å². The average Bonchev–Trinajstić information content (AvgIpc) is 2.30. The third-order valence-corrected chi connectivity index (χ3v) is 1.88. The summed E-state index contributed by atoms with van der Waals surface area (Å²) >= 11 is 0. The summed E-state index contributed by atoms with van der Waals surface area (Å²) in [6.07, 6.45) is 1.79. The van der Waals surface area contributed by atoms with Crippen LogP contribution in [0.3, 0.4) is 0 Å². The van der Waals surface area contributed by atoms with Gasteiger partial charge < -0.3 is 9.47 Å². The molecule has 0 saturated carbocycles. The van der Waals surface area contributed by atoms with Crippen molar-refractivity contribution in [2.45, 2.75) is 6.10 Å². The summed E-state index contributed by atoms with van der Waals surface area (Å²) in [7, 11) is 1.50. The summed E-state index contributed by atoms with van der Waals surface area (Å²) in [5.74, 6) is 0. The normalized spacial score (nSPS) is 12.8. The highest BCUT2D eigenvalue weighted by Gasteiger charge is 2.09. The summed E-state index contributed by atoms with van der Waals surface area (Å²) in [6, 6.07) is 9.24. The third-order valence-electron chi connectivity index (χ3n) is 1.88. The summed E-state index contributed by atoms with van der Waals surface area (Å²) < 4.78 is 10.1. The quantitative estimate of drug-likeness (QED) is 0.421. The lowest BCUT2D eigenvalue weighted by Gasteiger charge is -2.12. The van der Waals surface area contributed by atoms with Gasteiger partial charge >= 0.3 is 0 Å². The molecule has 0 aliphatic carbocycles. The van der Waals surface area contributed by atoms with Crippen LogP contribution in [0.25, 0.3) is 0 Å². The summed E-state index contributed by atoms with van der Waals surface area (Å²) in [5.41, 5.74) is 0.845. The fourth-order valence-electron chi connectivity index (χ4n) is 1.20. The van der Waals surface area contributed by atoms with Gasteiger partial charge in [-0.2, -0.15) is 0 Å². The molecule has 0 unspecified atom stereocenters. The molecule has 5 nitrogen and oxygen atoms in total. The molecular formula is C11H13NO4. The molecule has 0 fully saturated rings. The second-order valence-electron chi connectivity index (χ2n) is 3.03. The van der Waals surface area contributed by atoms with Crippen LogP contribution in [-0.2, 0) is 9.47 Å². The fourth-order valence-corrected chi connectivity index (χ4v) is 1.20. The Labute approximate surface area is 93.4 Å². The van der Waals surface area contributed by atoms with Crippen molar-refractivity contribution in [3.05, 3.63) is 58.3 Å². The Morgan fingerprint density at radius 2 is 2.12 bits per heavy atom. The van der Waals surface area contributed by atoms with E-state index >= 15 is 0 Å². The van der Waals surface area contributed by atoms with Gasteiger partial charge in [-0.3, -0.25) is 10.1 Å². The molecule has 1 aromatic carbocycles. The largest absolute Gasteiger partial charge is 0.359 e. The smallest absolute Gasteiger partial charge is 0.233 e. The monoisotopic (exact) mass is 223 g/mol. The van der Waals surface area contributed by atoms with Gasteiger partial charge in [-0.25, -0.2) is 0 Å². The molecule has 0 aliphatic rings. The first-order valence-corrected chi connectivity index (χ1v) is 4.71. The van der Waals surface area contributed by atoms with Crippen molar-refractivity contribution in [2.75, 3.05) is 13.9 Å². The molecule has 0 radical (unpaired) electrons. The zero-order chi connectivity index (χ0) is 11.8. The van der Waals surface area contributed by atoms with Crippen molar-refractivity contribution in [3.63, 3.8) is 0 Å². The van der Waals surface area contributed by atoms with Gasteiger partial charge in [-0.05, 0) is 5.56 Å². The molecule has 5 heteroatoms. The van der Waals surface area contributed by atoms with Crippen LogP contribution in [0.2, 0.25) is 0 Å². The second kappa shape index (κ2) is 6.71. The number of nitro groups is 1. The molecule has 0 aromatic heterocycles. The Morgan fingerprint density at radius 3 is 2.69 bits per heavy atom. The van der Waals surface area contributed by atoms with Crippen LogP contribution < -0.4 is 0 Å². The maximum Gasteiger partial charge on any atom is 0.233 e. The molecule has 0 aliphatic heterocycles. The summed E-state index contributed by atoms with van der Waals surface area (Å²) in [4.78, 5) is 9.72. The van der Waals surface area contributed by atoms with E-state index in [4.69, 9.17) is 9.47 Å². The first-order valence-electron chi connectivity index (χ1n) is 4.71. The van der Waals surface area contributed by atoms with Crippen LogP contribution in [0.4, 0.5) is 0 Å². The van der Waals surface area contributed by atoms with E-state index in [1.54, 1.807) is 0 Å². The highest BCUT2D eigenvalue weighted by atomic mass is 16.7. The van der Waals surface area contributed by atoms with Gasteiger partial charge in [0.25, 0.3) is 0 Å². The fraction of sp³-hybridized carbons (Fsp3) is 0.273. The van der Waals surface area contributed by atoms with Crippen molar-refractivity contribution in [2.24, 2.45) is 0 Å². The third kappa shape index (κ3) is 4.20. The first kappa shape index (κ1) is 12.4. The summed E-state index contributed by atoms with van der Waals surface area (Å²) in [5, 5.41) is 10.2. The Bertz CT molecular complexity index is 350. The lowest BCUT2D eigenvalue weighted by molar-refractivity contribution is -0.403. The molecule has 1 rings (SSSR count). The standard InChI is InChI=1S/C11H13NO4/c1-15-9-16-11(7-8-12(13)14)10-5-3-2-4-6-10/h2-8,11H,9H2,1H3/b8-7+/t11-/m0/s1. The van der Waals surface area contributed by atoms with E-state index in [-0.39, 0.29) is 6.79 Å². The van der Waals surface area contributed by atoms with Crippen LogP contribution in [0.5, 0.6) is 0 Å². The van der Waals surface area contributed by atoms with Crippen molar-refractivity contribution in [3.8, 4) is 0 Å². The van der Waals surface area contributed by atoms with Gasteiger partial charge in [-0.15, -0.1) is 0 Å². The Balaban J connectivity index is 2.75. The number of benzene rings is 1. The molecule has 0 heterocycles. The SMILES string of the molecule is COCO[C@@H](/C=C/[N+](=O)[O-])c1ccccc1. The number of hydrogen-bond donors (Lipinski definition) is 0. The molecule has 16 heavy (non-hydrogen) atoms. The predicted molar refractivity (Wildman–Crippen MR) is 58.3 cm³/mol. The van der Waals surface area contributed by atoms with Crippen molar-refractivity contribution < 1.29 is 14.4 Å². The molecule has 0 spiro atoms. The lowest BCUT2D eigenvalue weighted by atomic mass is 10.1. The zero-order valence-electron chi connectivity index (χ0n) is 8.91. The molecular weight excluding hydrogens is 210 g/mol. The lowest BCUT2D eigenvalue weighted by Crippen LogP contribution is -2.04. The average molecular weight is 223 g/mol. The molecule has 0 N–H and O–H groups in total. The van der Waals surface area contributed by atoms with Crippen molar-refractivity contribution in [1.82, 2.24) is 0 Å². The van der Waals surface area contributed by atoms with Crippen LogP contribution in [0, 0.1) is 10.1 Å². The molecule has 1 atom stereocenters. The second-order valence-corrected chi connectivity index (χ2v) is 3.03. The topological polar surface area (TPSA) is 61.6 Å². The number of methoxy groups -OCH3 is 1. The van der Waals surface area contributed by atoms with E-state index < -0.39 is 11.0 Å². The van der Waals surface area contributed by atoms with E-state index in [2.05, 4.69) is 0 Å². The van der Waals surface area contributed by atoms with E-state index in [0.29, 0.717) is 0 Å². The van der Waals surface area contributed by atoms with Gasteiger partial charge in [0.05, 0.1) is 4.92 Å². The molecule has 0 bridgehead atoms. The highest BCUT2D eigenvalue weighted by molar-refractivity contribution is 5.20. The Kier molecular flexibility index (Phi) is 5.18. The van der Waals surface area contributed by atoms with E-state index in [1.165, 1.54) is 13.2 Å². The Morgan fingerprint density at radius 1 is 1.44 bits per heavy atom. The highest BCUT2D eigenvalue weighted by Crippen LogP contribution is 2.18. The minimum Gasteiger partial charge on any atom is -0.359 e. The van der Waals surface area contributed by atoms with E-state index in [9.17, 15) is 10.1 Å². The minimum absolute atomic E-state index is 0.0849. The maximum atomic E-state index is 10.2.